The number of thiazole rings is 1. The lowest BCUT2D eigenvalue weighted by atomic mass is 10.2. The van der Waals surface area contributed by atoms with Gasteiger partial charge in [-0.25, -0.2) is 4.98 Å². The van der Waals surface area contributed by atoms with Gasteiger partial charge in [0.2, 0.25) is 5.91 Å². The summed E-state index contributed by atoms with van der Waals surface area (Å²) in [4.78, 5) is 20.6. The van der Waals surface area contributed by atoms with Crippen molar-refractivity contribution in [2.24, 2.45) is 0 Å². The molecule has 1 saturated heterocycles. The van der Waals surface area contributed by atoms with Gasteiger partial charge in [0, 0.05) is 48.5 Å². The summed E-state index contributed by atoms with van der Waals surface area (Å²) >= 11 is 9.12. The second-order valence-electron chi connectivity index (χ2n) is 4.93. The number of nitrogens with zero attached hydrogens (tertiary/aromatic N) is 3. The summed E-state index contributed by atoms with van der Waals surface area (Å²) in [6.07, 6.45) is 1.77. The van der Waals surface area contributed by atoms with Crippen molar-refractivity contribution in [3.05, 3.63) is 40.9 Å². The van der Waals surface area contributed by atoms with Crippen LogP contribution in [0.1, 0.15) is 0 Å². The van der Waals surface area contributed by atoms with Gasteiger partial charge < -0.3 is 9.80 Å². The van der Waals surface area contributed by atoms with Gasteiger partial charge in [-0.2, -0.15) is 0 Å². The number of carbonyl (C=O) groups excluding carboxylic acids is 1. The predicted octanol–water partition coefficient (Wildman–Crippen LogP) is 3.24. The molecule has 3 rings (SSSR count). The third kappa shape index (κ3) is 3.94. The quantitative estimate of drug-likeness (QED) is 0.791. The average molecular weight is 354 g/mol. The maximum absolute atomic E-state index is 12.2. The van der Waals surface area contributed by atoms with Crippen molar-refractivity contribution < 1.29 is 4.79 Å². The van der Waals surface area contributed by atoms with E-state index in [1.54, 1.807) is 17.5 Å². The summed E-state index contributed by atoms with van der Waals surface area (Å²) in [5, 5.41) is 2.67. The molecule has 1 aromatic carbocycles. The van der Waals surface area contributed by atoms with E-state index in [0.29, 0.717) is 5.75 Å². The number of piperazine rings is 1. The van der Waals surface area contributed by atoms with Crippen LogP contribution in [0.25, 0.3) is 0 Å². The molecule has 0 saturated carbocycles. The number of amides is 1. The average Bonchev–Trinajstić information content (AvgIpc) is 3.06. The first-order chi connectivity index (χ1) is 10.7. The van der Waals surface area contributed by atoms with E-state index in [1.165, 1.54) is 11.8 Å². The van der Waals surface area contributed by atoms with E-state index in [0.717, 1.165) is 41.2 Å². The maximum atomic E-state index is 12.2. The van der Waals surface area contributed by atoms with Crippen LogP contribution in [-0.2, 0) is 4.79 Å². The molecule has 0 radical (unpaired) electrons. The zero-order valence-corrected chi connectivity index (χ0v) is 14.3. The van der Waals surface area contributed by atoms with Gasteiger partial charge in [0.1, 0.15) is 4.34 Å². The monoisotopic (exact) mass is 353 g/mol. The van der Waals surface area contributed by atoms with Gasteiger partial charge in [0.05, 0.1) is 5.75 Å². The molecule has 0 atom stereocenters. The molecule has 0 spiro atoms. The number of anilines is 1. The second kappa shape index (κ2) is 7.35. The molecule has 0 unspecified atom stereocenters. The van der Waals surface area contributed by atoms with Crippen LogP contribution in [0.15, 0.2) is 40.2 Å². The summed E-state index contributed by atoms with van der Waals surface area (Å²) in [5.41, 5.74) is 1.12. The van der Waals surface area contributed by atoms with Crippen LogP contribution in [0.5, 0.6) is 0 Å². The number of hydrogen-bond donors (Lipinski definition) is 0. The molecule has 22 heavy (non-hydrogen) atoms. The zero-order valence-electron chi connectivity index (χ0n) is 11.9. The Morgan fingerprint density at radius 2 is 2.14 bits per heavy atom. The minimum absolute atomic E-state index is 0.186. The Kier molecular flexibility index (Phi) is 5.23. The second-order valence-corrected chi connectivity index (χ2v) is 7.49. The Labute approximate surface area is 143 Å². The van der Waals surface area contributed by atoms with E-state index in [9.17, 15) is 4.79 Å². The number of hydrogen-bond acceptors (Lipinski definition) is 5. The van der Waals surface area contributed by atoms with Gasteiger partial charge in [0.25, 0.3) is 0 Å². The van der Waals surface area contributed by atoms with Crippen LogP contribution < -0.4 is 4.90 Å². The van der Waals surface area contributed by atoms with Crippen molar-refractivity contribution in [3.63, 3.8) is 0 Å². The SMILES string of the molecule is O=C(CSc1nccs1)N1CCN(c2cccc(Cl)c2)CC1. The predicted molar refractivity (Wildman–Crippen MR) is 93.1 cm³/mol. The van der Waals surface area contributed by atoms with Crippen molar-refractivity contribution in [1.82, 2.24) is 9.88 Å². The van der Waals surface area contributed by atoms with Gasteiger partial charge in [-0.3, -0.25) is 4.79 Å². The van der Waals surface area contributed by atoms with Gasteiger partial charge in [-0.1, -0.05) is 29.4 Å². The van der Waals surface area contributed by atoms with Crippen LogP contribution in [0.2, 0.25) is 5.02 Å². The number of benzene rings is 1. The molecular weight excluding hydrogens is 338 g/mol. The molecule has 1 aromatic heterocycles. The van der Waals surface area contributed by atoms with Crippen LogP contribution in [0.3, 0.4) is 0 Å². The van der Waals surface area contributed by atoms with Gasteiger partial charge in [-0.15, -0.1) is 11.3 Å². The third-order valence-corrected chi connectivity index (χ3v) is 5.72. The molecular formula is C15H16ClN3OS2. The van der Waals surface area contributed by atoms with E-state index in [1.807, 2.05) is 28.5 Å². The number of rotatable bonds is 4. The minimum atomic E-state index is 0.186. The first-order valence-electron chi connectivity index (χ1n) is 7.03. The molecule has 116 valence electrons. The van der Waals surface area contributed by atoms with Crippen molar-refractivity contribution in [1.29, 1.82) is 0 Å². The number of thioether (sulfide) groups is 1. The minimum Gasteiger partial charge on any atom is -0.368 e. The highest BCUT2D eigenvalue weighted by atomic mass is 35.5. The molecule has 1 amide bonds. The van der Waals surface area contributed by atoms with Crippen molar-refractivity contribution in [2.75, 3.05) is 36.8 Å². The first kappa shape index (κ1) is 15.6. The summed E-state index contributed by atoms with van der Waals surface area (Å²) in [7, 11) is 0. The summed E-state index contributed by atoms with van der Waals surface area (Å²) in [6.45, 7) is 3.19. The standard InChI is InChI=1S/C15H16ClN3OS2/c16-12-2-1-3-13(10-12)18-5-7-19(8-6-18)14(20)11-22-15-17-4-9-21-15/h1-4,9-10H,5-8,11H2. The summed E-state index contributed by atoms with van der Waals surface area (Å²) in [5.74, 6) is 0.649. The van der Waals surface area contributed by atoms with E-state index in [4.69, 9.17) is 11.6 Å². The molecule has 0 N–H and O–H groups in total. The lowest BCUT2D eigenvalue weighted by molar-refractivity contribution is -0.128. The maximum Gasteiger partial charge on any atom is 0.233 e. The topological polar surface area (TPSA) is 36.4 Å². The van der Waals surface area contributed by atoms with Crippen LogP contribution in [0, 0.1) is 0 Å². The fourth-order valence-electron chi connectivity index (χ4n) is 2.38. The molecule has 0 aliphatic carbocycles. The van der Waals surface area contributed by atoms with Gasteiger partial charge in [-0.05, 0) is 18.2 Å². The Morgan fingerprint density at radius 3 is 2.82 bits per heavy atom. The van der Waals surface area contributed by atoms with Gasteiger partial charge in [0.15, 0.2) is 0 Å². The van der Waals surface area contributed by atoms with Crippen molar-refractivity contribution >= 4 is 46.3 Å². The Balaban J connectivity index is 1.49. The van der Waals surface area contributed by atoms with Crippen LogP contribution in [0.4, 0.5) is 5.69 Å². The van der Waals surface area contributed by atoms with E-state index in [2.05, 4.69) is 16.0 Å². The molecule has 2 aromatic rings. The Bertz CT molecular complexity index is 627. The van der Waals surface area contributed by atoms with Crippen molar-refractivity contribution in [2.45, 2.75) is 4.34 Å². The van der Waals surface area contributed by atoms with E-state index >= 15 is 0 Å². The molecule has 1 aliphatic rings. The highest BCUT2D eigenvalue weighted by molar-refractivity contribution is 8.01. The van der Waals surface area contributed by atoms with E-state index < -0.39 is 0 Å². The first-order valence-corrected chi connectivity index (χ1v) is 9.27. The Morgan fingerprint density at radius 1 is 1.32 bits per heavy atom. The molecule has 1 aliphatic heterocycles. The molecule has 1 fully saturated rings. The van der Waals surface area contributed by atoms with E-state index in [-0.39, 0.29) is 5.91 Å². The molecule has 2 heterocycles. The number of halogens is 1. The van der Waals surface area contributed by atoms with Crippen LogP contribution in [-0.4, -0.2) is 47.7 Å². The fraction of sp³-hybridized carbons (Fsp3) is 0.333. The normalized spacial score (nSPS) is 15.1. The third-order valence-electron chi connectivity index (χ3n) is 3.53. The largest absolute Gasteiger partial charge is 0.368 e. The fourth-order valence-corrected chi connectivity index (χ4v) is 4.11. The summed E-state index contributed by atoms with van der Waals surface area (Å²) in [6, 6.07) is 7.86. The zero-order chi connectivity index (χ0) is 15.4. The highest BCUT2D eigenvalue weighted by Gasteiger charge is 2.21. The smallest absolute Gasteiger partial charge is 0.233 e. The van der Waals surface area contributed by atoms with Crippen molar-refractivity contribution in [3.8, 4) is 0 Å². The molecule has 0 bridgehead atoms. The lowest BCUT2D eigenvalue weighted by Crippen LogP contribution is -2.49. The lowest BCUT2D eigenvalue weighted by Gasteiger charge is -2.36. The van der Waals surface area contributed by atoms with Crippen LogP contribution >= 0.6 is 34.7 Å². The van der Waals surface area contributed by atoms with Gasteiger partial charge >= 0.3 is 0 Å². The highest BCUT2D eigenvalue weighted by Crippen LogP contribution is 2.22. The summed E-state index contributed by atoms with van der Waals surface area (Å²) < 4.78 is 0.950. The molecule has 4 nitrogen and oxygen atoms in total. The number of aromatic nitrogens is 1. The number of carbonyl (C=O) groups is 1. The molecule has 7 heteroatoms. The Hall–Kier alpha value is -1.24.